The number of fused-ring (bicyclic) bond motifs is 3. The Morgan fingerprint density at radius 1 is 0.970 bits per heavy atom. The zero-order chi connectivity index (χ0) is 22.8. The maximum atomic E-state index is 13.9. The topological polar surface area (TPSA) is 57.6 Å². The second-order valence-electron chi connectivity index (χ2n) is 8.81. The van der Waals surface area contributed by atoms with Crippen molar-refractivity contribution in [3.63, 3.8) is 0 Å². The summed E-state index contributed by atoms with van der Waals surface area (Å²) >= 11 is 0. The van der Waals surface area contributed by atoms with E-state index in [1.165, 1.54) is 0 Å². The van der Waals surface area contributed by atoms with Gasteiger partial charge in [-0.1, -0.05) is 55.8 Å². The standard InChI is InChI=1S/C27H30N4O2/c1-2-3-17-28-27(33)30(21-15-16-21)19-25(32)31-23-13-8-7-12-22(23)29-18-9-14-24(29)26(31)20-10-5-4-6-11-20/h4-14,18,21,26H,2-3,15-17,19H2,1H3,(H,28,33). The average Bonchev–Trinajstić information content (AvgIpc) is 3.57. The van der Waals surface area contributed by atoms with Crippen molar-refractivity contribution in [3.05, 3.63) is 84.2 Å². The van der Waals surface area contributed by atoms with E-state index in [0.717, 1.165) is 48.3 Å². The first-order chi connectivity index (χ1) is 16.2. The summed E-state index contributed by atoms with van der Waals surface area (Å²) in [4.78, 5) is 30.5. The van der Waals surface area contributed by atoms with Gasteiger partial charge in [-0.3, -0.25) is 9.69 Å². The molecule has 1 atom stereocenters. The van der Waals surface area contributed by atoms with Crippen LogP contribution in [0.4, 0.5) is 10.5 Å². The summed E-state index contributed by atoms with van der Waals surface area (Å²) < 4.78 is 2.16. The third-order valence-corrected chi connectivity index (χ3v) is 6.46. The molecule has 1 aliphatic carbocycles. The molecule has 0 radical (unpaired) electrons. The molecule has 3 aromatic rings. The van der Waals surface area contributed by atoms with Gasteiger partial charge in [0.1, 0.15) is 12.6 Å². The number of benzene rings is 2. The van der Waals surface area contributed by atoms with Crippen LogP contribution in [-0.2, 0) is 4.79 Å². The predicted molar refractivity (Wildman–Crippen MR) is 130 cm³/mol. The lowest BCUT2D eigenvalue weighted by molar-refractivity contribution is -0.119. The zero-order valence-corrected chi connectivity index (χ0v) is 19.0. The Kier molecular flexibility index (Phi) is 5.90. The van der Waals surface area contributed by atoms with E-state index in [1.54, 1.807) is 4.90 Å². The molecule has 5 rings (SSSR count). The van der Waals surface area contributed by atoms with Gasteiger partial charge in [-0.25, -0.2) is 4.79 Å². The van der Waals surface area contributed by atoms with E-state index < -0.39 is 0 Å². The number of amides is 3. The van der Waals surface area contributed by atoms with E-state index >= 15 is 0 Å². The van der Waals surface area contributed by atoms with Crippen LogP contribution >= 0.6 is 0 Å². The summed E-state index contributed by atoms with van der Waals surface area (Å²) in [5, 5.41) is 3.00. The van der Waals surface area contributed by atoms with Crippen LogP contribution in [0, 0.1) is 0 Å². The molecule has 3 amide bonds. The molecular formula is C27H30N4O2. The van der Waals surface area contributed by atoms with Crippen molar-refractivity contribution in [1.29, 1.82) is 0 Å². The minimum atomic E-state index is -0.257. The summed E-state index contributed by atoms with van der Waals surface area (Å²) in [6, 6.07) is 22.0. The smallest absolute Gasteiger partial charge is 0.318 e. The Hall–Kier alpha value is -3.54. The van der Waals surface area contributed by atoms with Crippen molar-refractivity contribution in [2.24, 2.45) is 0 Å². The number of aromatic nitrogens is 1. The van der Waals surface area contributed by atoms with Crippen molar-refractivity contribution < 1.29 is 9.59 Å². The molecule has 6 heteroatoms. The number of urea groups is 1. The molecule has 33 heavy (non-hydrogen) atoms. The molecule has 2 heterocycles. The molecule has 1 saturated carbocycles. The van der Waals surface area contributed by atoms with E-state index in [-0.39, 0.29) is 30.6 Å². The van der Waals surface area contributed by atoms with Crippen molar-refractivity contribution in [1.82, 2.24) is 14.8 Å². The fraction of sp³-hybridized carbons (Fsp3) is 0.333. The lowest BCUT2D eigenvalue weighted by atomic mass is 9.97. The van der Waals surface area contributed by atoms with Gasteiger partial charge >= 0.3 is 6.03 Å². The number of para-hydroxylation sites is 2. The molecule has 0 spiro atoms. The van der Waals surface area contributed by atoms with Gasteiger partial charge in [-0.2, -0.15) is 0 Å². The fourth-order valence-corrected chi connectivity index (χ4v) is 4.66. The number of hydrogen-bond acceptors (Lipinski definition) is 2. The summed E-state index contributed by atoms with van der Waals surface area (Å²) in [5.74, 6) is -0.0682. The first kappa shape index (κ1) is 21.3. The number of unbranched alkanes of at least 4 members (excludes halogenated alkanes) is 1. The summed E-state index contributed by atoms with van der Waals surface area (Å²) in [6.07, 6.45) is 5.91. The summed E-state index contributed by atoms with van der Waals surface area (Å²) in [5.41, 5.74) is 3.93. The minimum Gasteiger partial charge on any atom is -0.338 e. The molecule has 1 fully saturated rings. The highest BCUT2D eigenvalue weighted by Crippen LogP contribution is 2.42. The first-order valence-electron chi connectivity index (χ1n) is 11.9. The highest BCUT2D eigenvalue weighted by atomic mass is 16.2. The molecule has 1 N–H and O–H groups in total. The lowest BCUT2D eigenvalue weighted by Crippen LogP contribution is -2.50. The minimum absolute atomic E-state index is 0.0682. The van der Waals surface area contributed by atoms with Crippen LogP contribution in [0.5, 0.6) is 0 Å². The lowest BCUT2D eigenvalue weighted by Gasteiger charge is -2.39. The average molecular weight is 443 g/mol. The number of carbonyl (C=O) groups excluding carboxylic acids is 2. The second kappa shape index (κ2) is 9.14. The van der Waals surface area contributed by atoms with Gasteiger partial charge < -0.3 is 14.8 Å². The normalized spacial score (nSPS) is 16.6. The van der Waals surface area contributed by atoms with Gasteiger partial charge in [0.05, 0.1) is 17.1 Å². The Morgan fingerprint density at radius 3 is 2.42 bits per heavy atom. The van der Waals surface area contributed by atoms with Crippen molar-refractivity contribution >= 4 is 17.6 Å². The third-order valence-electron chi connectivity index (χ3n) is 6.46. The van der Waals surface area contributed by atoms with Crippen LogP contribution < -0.4 is 10.2 Å². The van der Waals surface area contributed by atoms with E-state index in [2.05, 4.69) is 35.0 Å². The quantitative estimate of drug-likeness (QED) is 0.530. The van der Waals surface area contributed by atoms with E-state index in [0.29, 0.717) is 6.54 Å². The number of rotatable bonds is 7. The molecule has 0 saturated heterocycles. The van der Waals surface area contributed by atoms with Gasteiger partial charge in [-0.05, 0) is 49.1 Å². The molecule has 2 aromatic carbocycles. The van der Waals surface area contributed by atoms with Crippen molar-refractivity contribution in [3.8, 4) is 5.69 Å². The maximum Gasteiger partial charge on any atom is 0.318 e. The Bertz CT molecular complexity index is 1140. The SMILES string of the molecule is CCCCNC(=O)N(CC(=O)N1c2ccccc2-n2cccc2C1c1ccccc1)C1CC1. The number of nitrogens with one attached hydrogen (secondary N) is 1. The maximum absolute atomic E-state index is 13.9. The molecule has 1 unspecified atom stereocenters. The number of nitrogens with zero attached hydrogens (tertiary/aromatic N) is 3. The van der Waals surface area contributed by atoms with Crippen molar-refractivity contribution in [2.45, 2.75) is 44.7 Å². The fourth-order valence-electron chi connectivity index (χ4n) is 4.66. The van der Waals surface area contributed by atoms with E-state index in [4.69, 9.17) is 0 Å². The molecule has 6 nitrogen and oxygen atoms in total. The monoisotopic (exact) mass is 442 g/mol. The summed E-state index contributed by atoms with van der Waals surface area (Å²) in [7, 11) is 0. The van der Waals surface area contributed by atoms with Crippen molar-refractivity contribution in [2.75, 3.05) is 18.0 Å². The second-order valence-corrected chi connectivity index (χ2v) is 8.81. The van der Waals surface area contributed by atoms with Gasteiger partial charge in [0.15, 0.2) is 0 Å². The highest BCUT2D eigenvalue weighted by Gasteiger charge is 2.39. The number of hydrogen-bond donors (Lipinski definition) is 1. The number of carbonyl (C=O) groups is 2. The third kappa shape index (κ3) is 4.13. The van der Waals surface area contributed by atoms with Gasteiger partial charge in [0.25, 0.3) is 0 Å². The largest absolute Gasteiger partial charge is 0.338 e. The van der Waals surface area contributed by atoms with E-state index in [9.17, 15) is 9.59 Å². The van der Waals surface area contributed by atoms with Gasteiger partial charge in [-0.15, -0.1) is 0 Å². The Labute approximate surface area is 194 Å². The van der Waals surface area contributed by atoms with Crippen LogP contribution in [0.2, 0.25) is 0 Å². The highest BCUT2D eigenvalue weighted by molar-refractivity contribution is 6.00. The first-order valence-corrected chi connectivity index (χ1v) is 11.9. The van der Waals surface area contributed by atoms with E-state index in [1.807, 2.05) is 59.6 Å². The molecule has 2 aliphatic rings. The molecule has 0 bridgehead atoms. The van der Waals surface area contributed by atoms with Crippen LogP contribution in [0.1, 0.15) is 49.9 Å². The molecule has 1 aliphatic heterocycles. The van der Waals surface area contributed by atoms with Crippen LogP contribution in [0.25, 0.3) is 5.69 Å². The van der Waals surface area contributed by atoms with Crippen LogP contribution in [0.3, 0.4) is 0 Å². The number of anilines is 1. The zero-order valence-electron chi connectivity index (χ0n) is 19.0. The Morgan fingerprint density at radius 2 is 1.70 bits per heavy atom. The molecule has 1 aromatic heterocycles. The van der Waals surface area contributed by atoms with Gasteiger partial charge in [0, 0.05) is 18.8 Å². The predicted octanol–water partition coefficient (Wildman–Crippen LogP) is 4.89. The van der Waals surface area contributed by atoms with Crippen LogP contribution in [-0.4, -0.2) is 40.5 Å². The summed E-state index contributed by atoms with van der Waals surface area (Å²) in [6.45, 7) is 2.81. The van der Waals surface area contributed by atoms with Crippen LogP contribution in [0.15, 0.2) is 72.9 Å². The molecular weight excluding hydrogens is 412 g/mol. The van der Waals surface area contributed by atoms with Gasteiger partial charge in [0.2, 0.25) is 5.91 Å². The Balaban J connectivity index is 1.50. The molecule has 170 valence electrons.